The molecule has 1 amide bonds. The van der Waals surface area contributed by atoms with Crippen LogP contribution in [0.15, 0.2) is 4.79 Å². The molecule has 7 heteroatoms. The zero-order valence-electron chi connectivity index (χ0n) is 14.8. The summed E-state index contributed by atoms with van der Waals surface area (Å²) >= 11 is 0. The monoisotopic (exact) mass is 346 g/mol. The highest BCUT2D eigenvalue weighted by Crippen LogP contribution is 2.61. The average Bonchev–Trinajstić information content (AvgIpc) is 3.50. The number of aromatic nitrogens is 2. The highest BCUT2D eigenvalue weighted by atomic mass is 16.5. The number of amides is 1. The molecule has 0 unspecified atom stereocenters. The number of nitrogens with zero attached hydrogens (tertiary/aromatic N) is 2. The van der Waals surface area contributed by atoms with Crippen molar-refractivity contribution in [1.82, 2.24) is 15.0 Å². The van der Waals surface area contributed by atoms with Crippen molar-refractivity contribution in [1.29, 1.82) is 0 Å². The number of anilines is 1. The van der Waals surface area contributed by atoms with Crippen LogP contribution in [0.3, 0.4) is 0 Å². The molecule has 0 spiro atoms. The van der Waals surface area contributed by atoms with E-state index in [0.29, 0.717) is 32.1 Å². The van der Waals surface area contributed by atoms with Gasteiger partial charge in [0, 0.05) is 18.7 Å². The van der Waals surface area contributed by atoms with E-state index >= 15 is 0 Å². The maximum Gasteiger partial charge on any atom is 0.295 e. The first-order chi connectivity index (χ1) is 12.2. The van der Waals surface area contributed by atoms with Crippen molar-refractivity contribution in [2.75, 3.05) is 12.0 Å². The molecule has 2 heterocycles. The number of ether oxygens (including phenoxy) is 1. The third-order valence-electron chi connectivity index (χ3n) is 5.70. The van der Waals surface area contributed by atoms with E-state index in [4.69, 9.17) is 4.74 Å². The highest BCUT2D eigenvalue weighted by molar-refractivity contribution is 5.86. The molecule has 0 bridgehead atoms. The number of carbonyl (C=O) groups excluding carboxylic acids is 1. The van der Waals surface area contributed by atoms with Crippen LogP contribution in [0.2, 0.25) is 0 Å². The Morgan fingerprint density at radius 3 is 2.88 bits per heavy atom. The van der Waals surface area contributed by atoms with E-state index < -0.39 is 0 Å². The minimum absolute atomic E-state index is 0.00489. The Hall–Kier alpha value is -1.89. The van der Waals surface area contributed by atoms with E-state index in [1.165, 1.54) is 0 Å². The standard InChI is InChI=1S/C18H26N4O3/c1-2-3-9-22-14-6-10-25-11-13(14)19-15(16(22)23)20-21-17(24)18(7-8-18)12-4-5-12/h12H,2-11H2,1H3,(H,19,20)(H,21,24). The predicted octanol–water partition coefficient (Wildman–Crippen LogP) is 1.75. The van der Waals surface area contributed by atoms with Crippen molar-refractivity contribution >= 4 is 11.7 Å². The molecule has 2 saturated carbocycles. The van der Waals surface area contributed by atoms with Crippen molar-refractivity contribution in [2.24, 2.45) is 11.3 Å². The van der Waals surface area contributed by atoms with Crippen molar-refractivity contribution in [2.45, 2.75) is 65.0 Å². The van der Waals surface area contributed by atoms with Gasteiger partial charge >= 0.3 is 0 Å². The third-order valence-corrected chi connectivity index (χ3v) is 5.70. The largest absolute Gasteiger partial charge is 0.375 e. The van der Waals surface area contributed by atoms with Gasteiger partial charge in [-0.2, -0.15) is 0 Å². The lowest BCUT2D eigenvalue weighted by molar-refractivity contribution is -0.126. The zero-order valence-corrected chi connectivity index (χ0v) is 14.8. The van der Waals surface area contributed by atoms with Crippen molar-refractivity contribution < 1.29 is 9.53 Å². The van der Waals surface area contributed by atoms with Crippen molar-refractivity contribution in [3.05, 3.63) is 21.7 Å². The Kier molecular flexibility index (Phi) is 4.27. The van der Waals surface area contributed by atoms with Gasteiger partial charge in [0.2, 0.25) is 11.7 Å². The topological polar surface area (TPSA) is 85.3 Å². The molecule has 0 radical (unpaired) electrons. The molecule has 3 aliphatic rings. The van der Waals surface area contributed by atoms with E-state index in [2.05, 4.69) is 22.8 Å². The predicted molar refractivity (Wildman–Crippen MR) is 92.9 cm³/mol. The molecule has 1 aliphatic heterocycles. The van der Waals surface area contributed by atoms with Crippen LogP contribution in [0.4, 0.5) is 5.82 Å². The van der Waals surface area contributed by atoms with Gasteiger partial charge in [0.25, 0.3) is 5.56 Å². The summed E-state index contributed by atoms with van der Waals surface area (Å²) < 4.78 is 7.29. The normalized spacial score (nSPS) is 20.7. The third kappa shape index (κ3) is 3.05. The molecule has 136 valence electrons. The second kappa shape index (κ2) is 6.44. The molecule has 7 nitrogen and oxygen atoms in total. The summed E-state index contributed by atoms with van der Waals surface area (Å²) in [4.78, 5) is 29.8. The van der Waals surface area contributed by atoms with E-state index in [0.717, 1.165) is 49.9 Å². The zero-order chi connectivity index (χ0) is 17.4. The molecule has 25 heavy (non-hydrogen) atoms. The Morgan fingerprint density at radius 2 is 2.20 bits per heavy atom. The number of fused-ring (bicyclic) bond motifs is 1. The number of hydrazine groups is 1. The number of unbranched alkanes of at least 4 members (excludes halogenated alkanes) is 1. The number of hydrogen-bond donors (Lipinski definition) is 2. The minimum Gasteiger partial charge on any atom is -0.375 e. The Bertz CT molecular complexity index is 735. The van der Waals surface area contributed by atoms with Gasteiger partial charge in [0.05, 0.1) is 24.3 Å². The van der Waals surface area contributed by atoms with Gasteiger partial charge in [0.15, 0.2) is 0 Å². The number of hydrogen-bond acceptors (Lipinski definition) is 5. The van der Waals surface area contributed by atoms with Gasteiger partial charge in [-0.25, -0.2) is 4.98 Å². The summed E-state index contributed by atoms with van der Waals surface area (Å²) in [5.74, 6) is 0.728. The fourth-order valence-electron chi connectivity index (χ4n) is 3.85. The first-order valence-electron chi connectivity index (χ1n) is 9.42. The molecule has 0 saturated heterocycles. The van der Waals surface area contributed by atoms with Gasteiger partial charge in [0.1, 0.15) is 0 Å². The first-order valence-corrected chi connectivity index (χ1v) is 9.42. The van der Waals surface area contributed by atoms with E-state index in [1.54, 1.807) is 4.57 Å². The fraction of sp³-hybridized carbons (Fsp3) is 0.722. The lowest BCUT2D eigenvalue weighted by atomic mass is 10.0. The van der Waals surface area contributed by atoms with Crippen LogP contribution in [0.25, 0.3) is 0 Å². The molecular weight excluding hydrogens is 320 g/mol. The highest BCUT2D eigenvalue weighted by Gasteiger charge is 2.59. The molecule has 0 aromatic carbocycles. The number of nitrogens with one attached hydrogen (secondary N) is 2. The maximum atomic E-state index is 12.8. The van der Waals surface area contributed by atoms with Crippen LogP contribution in [0.5, 0.6) is 0 Å². The average molecular weight is 346 g/mol. The first kappa shape index (κ1) is 16.6. The molecule has 1 aromatic rings. The molecule has 1 aromatic heterocycles. The summed E-state index contributed by atoms with van der Waals surface area (Å²) in [5.41, 5.74) is 6.97. The van der Waals surface area contributed by atoms with Gasteiger partial charge in [-0.15, -0.1) is 0 Å². The Labute approximate surface area is 147 Å². The molecule has 2 aliphatic carbocycles. The van der Waals surface area contributed by atoms with Crippen LogP contribution in [0, 0.1) is 11.3 Å². The lowest BCUT2D eigenvalue weighted by Crippen LogP contribution is -2.41. The summed E-state index contributed by atoms with van der Waals surface area (Å²) in [7, 11) is 0. The summed E-state index contributed by atoms with van der Waals surface area (Å²) in [6, 6.07) is 0. The van der Waals surface area contributed by atoms with Gasteiger partial charge in [-0.1, -0.05) is 13.3 Å². The second-order valence-electron chi connectivity index (χ2n) is 7.48. The Balaban J connectivity index is 1.54. The molecule has 2 fully saturated rings. The van der Waals surface area contributed by atoms with Crippen LogP contribution >= 0.6 is 0 Å². The summed E-state index contributed by atoms with van der Waals surface area (Å²) in [6.45, 7) is 3.81. The van der Waals surface area contributed by atoms with E-state index in [1.807, 2.05) is 0 Å². The van der Waals surface area contributed by atoms with Crippen LogP contribution in [0.1, 0.15) is 56.8 Å². The van der Waals surface area contributed by atoms with Gasteiger partial charge < -0.3 is 9.30 Å². The SMILES string of the molecule is CCCCn1c2c(nc(NNC(=O)C3(C4CC4)CC3)c1=O)COCC2. The lowest BCUT2D eigenvalue weighted by Gasteiger charge is -2.22. The quantitative estimate of drug-likeness (QED) is 0.735. The molecule has 2 N–H and O–H groups in total. The van der Waals surface area contributed by atoms with Crippen molar-refractivity contribution in [3.63, 3.8) is 0 Å². The fourth-order valence-corrected chi connectivity index (χ4v) is 3.85. The van der Waals surface area contributed by atoms with Crippen LogP contribution in [-0.2, 0) is 29.1 Å². The molecule has 0 atom stereocenters. The smallest absolute Gasteiger partial charge is 0.295 e. The minimum atomic E-state index is -0.189. The number of carbonyl (C=O) groups is 1. The molecular formula is C18H26N4O3. The van der Waals surface area contributed by atoms with Crippen LogP contribution < -0.4 is 16.4 Å². The van der Waals surface area contributed by atoms with Crippen LogP contribution in [-0.4, -0.2) is 22.1 Å². The van der Waals surface area contributed by atoms with E-state index in [9.17, 15) is 9.59 Å². The van der Waals surface area contributed by atoms with Gasteiger partial charge in [-0.3, -0.25) is 20.4 Å². The van der Waals surface area contributed by atoms with Crippen molar-refractivity contribution in [3.8, 4) is 0 Å². The molecule has 4 rings (SSSR count). The second-order valence-corrected chi connectivity index (χ2v) is 7.48. The van der Waals surface area contributed by atoms with Gasteiger partial charge in [-0.05, 0) is 38.0 Å². The Morgan fingerprint density at radius 1 is 1.40 bits per heavy atom. The number of rotatable bonds is 7. The summed E-state index contributed by atoms with van der Waals surface area (Å²) in [5, 5.41) is 0. The summed E-state index contributed by atoms with van der Waals surface area (Å²) in [6.07, 6.45) is 6.86. The van der Waals surface area contributed by atoms with E-state index in [-0.39, 0.29) is 22.7 Å². The maximum absolute atomic E-state index is 12.8.